The van der Waals surface area contributed by atoms with Crippen LogP contribution in [0, 0.1) is 0 Å². The van der Waals surface area contributed by atoms with Crippen LogP contribution in [0.2, 0.25) is 5.02 Å². The minimum Gasteiger partial charge on any atom is -0.380 e. The molecule has 0 bridgehead atoms. The zero-order chi connectivity index (χ0) is 14.7. The zero-order valence-electron chi connectivity index (χ0n) is 11.9. The molecule has 0 amide bonds. The lowest BCUT2D eigenvalue weighted by Gasteiger charge is -2.09. The smallest absolute Gasteiger partial charge is 0.141 e. The highest BCUT2D eigenvalue weighted by Crippen LogP contribution is 2.25. The summed E-state index contributed by atoms with van der Waals surface area (Å²) in [5, 5.41) is 0.732. The predicted molar refractivity (Wildman–Crippen MR) is 86.7 cm³/mol. The summed E-state index contributed by atoms with van der Waals surface area (Å²) in [5.74, 6) is 0.951. The van der Waals surface area contributed by atoms with Crippen LogP contribution in [0.15, 0.2) is 48.5 Å². The van der Waals surface area contributed by atoms with Crippen LogP contribution in [0.4, 0.5) is 0 Å². The van der Waals surface area contributed by atoms with Gasteiger partial charge in [-0.15, -0.1) is 0 Å². The Morgan fingerprint density at radius 1 is 1.10 bits per heavy atom. The average molecular weight is 301 g/mol. The molecular weight excluding hydrogens is 284 g/mol. The zero-order valence-corrected chi connectivity index (χ0v) is 12.7. The van der Waals surface area contributed by atoms with E-state index in [1.807, 2.05) is 49.4 Å². The summed E-state index contributed by atoms with van der Waals surface area (Å²) < 4.78 is 7.70. The second-order valence-corrected chi connectivity index (χ2v) is 5.22. The molecule has 3 rings (SSSR count). The van der Waals surface area contributed by atoms with Crippen molar-refractivity contribution in [2.45, 2.75) is 13.5 Å². The van der Waals surface area contributed by atoms with Crippen molar-refractivity contribution in [1.29, 1.82) is 0 Å². The number of aromatic nitrogens is 2. The number of ether oxygens (including phenoxy) is 1. The third-order valence-corrected chi connectivity index (χ3v) is 3.67. The Kier molecular flexibility index (Phi) is 4.23. The van der Waals surface area contributed by atoms with Gasteiger partial charge in [0.25, 0.3) is 0 Å². The van der Waals surface area contributed by atoms with Crippen molar-refractivity contribution in [2.24, 2.45) is 0 Å². The first-order chi connectivity index (χ1) is 10.3. The minimum atomic E-state index is 0.678. The second kappa shape index (κ2) is 6.29. The first-order valence-electron chi connectivity index (χ1n) is 7.08. The van der Waals surface area contributed by atoms with Crippen LogP contribution < -0.4 is 0 Å². The lowest BCUT2D eigenvalue weighted by Crippen LogP contribution is -2.07. The molecule has 3 nitrogen and oxygen atoms in total. The molecule has 1 heterocycles. The highest BCUT2D eigenvalue weighted by molar-refractivity contribution is 6.30. The van der Waals surface area contributed by atoms with E-state index in [0.29, 0.717) is 6.61 Å². The highest BCUT2D eigenvalue weighted by atomic mass is 35.5. The van der Waals surface area contributed by atoms with Crippen LogP contribution in [-0.2, 0) is 11.3 Å². The standard InChI is InChI=1S/C17H17ClN2O/c1-2-21-12-11-20-16-6-4-3-5-15(16)19-17(20)13-7-9-14(18)10-8-13/h3-10H,2,11-12H2,1H3. The number of rotatable bonds is 5. The van der Waals surface area contributed by atoms with E-state index in [0.717, 1.165) is 40.6 Å². The van der Waals surface area contributed by atoms with Crippen molar-refractivity contribution >= 4 is 22.6 Å². The van der Waals surface area contributed by atoms with Gasteiger partial charge in [0.05, 0.1) is 17.6 Å². The maximum Gasteiger partial charge on any atom is 0.141 e. The summed E-state index contributed by atoms with van der Waals surface area (Å²) >= 11 is 5.97. The second-order valence-electron chi connectivity index (χ2n) is 4.78. The van der Waals surface area contributed by atoms with Crippen molar-refractivity contribution in [3.63, 3.8) is 0 Å². The Morgan fingerprint density at radius 2 is 1.86 bits per heavy atom. The Balaban J connectivity index is 2.07. The van der Waals surface area contributed by atoms with Gasteiger partial charge in [-0.05, 0) is 43.3 Å². The third-order valence-electron chi connectivity index (χ3n) is 3.42. The van der Waals surface area contributed by atoms with Gasteiger partial charge in [0, 0.05) is 23.7 Å². The molecule has 0 aliphatic heterocycles. The number of fused-ring (bicyclic) bond motifs is 1. The molecule has 0 aliphatic rings. The quantitative estimate of drug-likeness (QED) is 0.653. The minimum absolute atomic E-state index is 0.678. The molecule has 0 N–H and O–H groups in total. The van der Waals surface area contributed by atoms with Gasteiger partial charge in [0.2, 0.25) is 0 Å². The highest BCUT2D eigenvalue weighted by Gasteiger charge is 2.11. The summed E-state index contributed by atoms with van der Waals surface area (Å²) in [7, 11) is 0. The predicted octanol–water partition coefficient (Wildman–Crippen LogP) is 4.39. The SMILES string of the molecule is CCOCCn1c(-c2ccc(Cl)cc2)nc2ccccc21. The van der Waals surface area contributed by atoms with Gasteiger partial charge in [-0.1, -0.05) is 23.7 Å². The summed E-state index contributed by atoms with van der Waals surface area (Å²) in [5.41, 5.74) is 3.19. The largest absolute Gasteiger partial charge is 0.380 e. The van der Waals surface area contributed by atoms with Gasteiger partial charge in [-0.2, -0.15) is 0 Å². The molecule has 0 saturated heterocycles. The van der Waals surface area contributed by atoms with E-state index < -0.39 is 0 Å². The van der Waals surface area contributed by atoms with Gasteiger partial charge in [0.1, 0.15) is 5.82 Å². The van der Waals surface area contributed by atoms with Crippen LogP contribution in [-0.4, -0.2) is 22.8 Å². The van der Waals surface area contributed by atoms with Crippen molar-refractivity contribution in [1.82, 2.24) is 9.55 Å². The van der Waals surface area contributed by atoms with Crippen LogP contribution >= 0.6 is 11.6 Å². The van der Waals surface area contributed by atoms with Crippen molar-refractivity contribution in [2.75, 3.05) is 13.2 Å². The topological polar surface area (TPSA) is 27.1 Å². The fourth-order valence-electron chi connectivity index (χ4n) is 2.42. The van der Waals surface area contributed by atoms with Gasteiger partial charge in [0.15, 0.2) is 0 Å². The molecule has 1 aromatic heterocycles. The van der Waals surface area contributed by atoms with Crippen molar-refractivity contribution < 1.29 is 4.74 Å². The lowest BCUT2D eigenvalue weighted by molar-refractivity contribution is 0.140. The van der Waals surface area contributed by atoms with E-state index in [-0.39, 0.29) is 0 Å². The van der Waals surface area contributed by atoms with E-state index in [2.05, 4.69) is 10.6 Å². The summed E-state index contributed by atoms with van der Waals surface area (Å²) in [4.78, 5) is 4.76. The van der Waals surface area contributed by atoms with E-state index >= 15 is 0 Å². The number of para-hydroxylation sites is 2. The van der Waals surface area contributed by atoms with Gasteiger partial charge in [-0.3, -0.25) is 0 Å². The molecule has 4 heteroatoms. The van der Waals surface area contributed by atoms with Crippen LogP contribution in [0.5, 0.6) is 0 Å². The molecule has 0 aliphatic carbocycles. The molecule has 0 fully saturated rings. The van der Waals surface area contributed by atoms with E-state index in [1.165, 1.54) is 0 Å². The Labute approximate surface area is 129 Å². The number of halogens is 1. The Morgan fingerprint density at radius 3 is 2.62 bits per heavy atom. The first-order valence-corrected chi connectivity index (χ1v) is 7.46. The monoisotopic (exact) mass is 300 g/mol. The van der Waals surface area contributed by atoms with Crippen LogP contribution in [0.3, 0.4) is 0 Å². The van der Waals surface area contributed by atoms with Crippen LogP contribution in [0.25, 0.3) is 22.4 Å². The van der Waals surface area contributed by atoms with E-state index in [4.69, 9.17) is 21.3 Å². The molecule has 21 heavy (non-hydrogen) atoms. The Hall–Kier alpha value is -1.84. The molecule has 0 spiro atoms. The first kappa shape index (κ1) is 14.1. The third kappa shape index (κ3) is 2.94. The molecule has 3 aromatic rings. The lowest BCUT2D eigenvalue weighted by atomic mass is 10.2. The van der Waals surface area contributed by atoms with E-state index in [1.54, 1.807) is 0 Å². The fraction of sp³-hybridized carbons (Fsp3) is 0.235. The number of nitrogens with zero attached hydrogens (tertiary/aromatic N) is 2. The maximum absolute atomic E-state index is 5.97. The fourth-order valence-corrected chi connectivity index (χ4v) is 2.55. The molecule has 0 saturated carbocycles. The van der Waals surface area contributed by atoms with E-state index in [9.17, 15) is 0 Å². The molecular formula is C17H17ClN2O. The van der Waals surface area contributed by atoms with Crippen LogP contribution in [0.1, 0.15) is 6.92 Å². The number of hydrogen-bond donors (Lipinski definition) is 0. The summed E-state index contributed by atoms with van der Waals surface area (Å²) in [6.45, 7) is 4.19. The molecule has 0 unspecified atom stereocenters. The summed E-state index contributed by atoms with van der Waals surface area (Å²) in [6, 6.07) is 16.0. The molecule has 0 radical (unpaired) electrons. The normalized spacial score (nSPS) is 11.1. The molecule has 2 aromatic carbocycles. The van der Waals surface area contributed by atoms with Crippen molar-refractivity contribution in [3.05, 3.63) is 53.6 Å². The number of benzene rings is 2. The molecule has 108 valence electrons. The van der Waals surface area contributed by atoms with Gasteiger partial charge in [-0.25, -0.2) is 4.98 Å². The number of imidazole rings is 1. The van der Waals surface area contributed by atoms with Gasteiger partial charge < -0.3 is 9.30 Å². The number of hydrogen-bond acceptors (Lipinski definition) is 2. The average Bonchev–Trinajstić information content (AvgIpc) is 2.87. The van der Waals surface area contributed by atoms with Crippen molar-refractivity contribution in [3.8, 4) is 11.4 Å². The summed E-state index contributed by atoms with van der Waals surface area (Å²) in [6.07, 6.45) is 0. The Bertz CT molecular complexity index is 734. The maximum atomic E-state index is 5.97. The van der Waals surface area contributed by atoms with Gasteiger partial charge >= 0.3 is 0 Å². The molecule has 0 atom stereocenters.